The second-order valence-corrected chi connectivity index (χ2v) is 5.07. The SMILES string of the molecule is CCCc1nc(C(=O)NCC2CCCCC2)n[nH]1. The van der Waals surface area contributed by atoms with Crippen molar-refractivity contribution in [1.29, 1.82) is 0 Å². The Bertz CT molecular complexity index is 382. The molecule has 0 unspecified atom stereocenters. The largest absolute Gasteiger partial charge is 0.349 e. The topological polar surface area (TPSA) is 70.7 Å². The van der Waals surface area contributed by atoms with Crippen molar-refractivity contribution >= 4 is 5.91 Å². The minimum atomic E-state index is -0.154. The van der Waals surface area contributed by atoms with Crippen molar-refractivity contribution in [1.82, 2.24) is 20.5 Å². The van der Waals surface area contributed by atoms with Gasteiger partial charge in [0.05, 0.1) is 0 Å². The molecule has 1 aliphatic carbocycles. The molecule has 0 bridgehead atoms. The van der Waals surface area contributed by atoms with Crippen LogP contribution in [0.5, 0.6) is 0 Å². The summed E-state index contributed by atoms with van der Waals surface area (Å²) in [5, 5.41) is 9.69. The molecule has 1 fully saturated rings. The van der Waals surface area contributed by atoms with Crippen LogP contribution in [0.25, 0.3) is 0 Å². The lowest BCUT2D eigenvalue weighted by Crippen LogP contribution is -2.31. The van der Waals surface area contributed by atoms with Gasteiger partial charge in [0.2, 0.25) is 5.82 Å². The van der Waals surface area contributed by atoms with Gasteiger partial charge in [-0.15, -0.1) is 5.10 Å². The maximum Gasteiger partial charge on any atom is 0.290 e. The van der Waals surface area contributed by atoms with Gasteiger partial charge < -0.3 is 5.32 Å². The minimum absolute atomic E-state index is 0.154. The molecule has 0 atom stereocenters. The average Bonchev–Trinajstić information content (AvgIpc) is 2.86. The van der Waals surface area contributed by atoms with Crippen LogP contribution >= 0.6 is 0 Å². The van der Waals surface area contributed by atoms with Crippen molar-refractivity contribution in [3.8, 4) is 0 Å². The van der Waals surface area contributed by atoms with Crippen LogP contribution in [0.1, 0.15) is 61.9 Å². The molecule has 0 aromatic carbocycles. The lowest BCUT2D eigenvalue weighted by Gasteiger charge is -2.21. The van der Waals surface area contributed by atoms with E-state index in [0.717, 1.165) is 25.2 Å². The van der Waals surface area contributed by atoms with E-state index in [9.17, 15) is 4.79 Å². The Labute approximate surface area is 108 Å². The van der Waals surface area contributed by atoms with Crippen molar-refractivity contribution < 1.29 is 4.79 Å². The van der Waals surface area contributed by atoms with Crippen molar-refractivity contribution in [2.45, 2.75) is 51.9 Å². The number of amides is 1. The number of aromatic amines is 1. The quantitative estimate of drug-likeness (QED) is 0.840. The highest BCUT2D eigenvalue weighted by Gasteiger charge is 2.16. The van der Waals surface area contributed by atoms with Crippen LogP contribution in [-0.4, -0.2) is 27.6 Å². The van der Waals surface area contributed by atoms with Gasteiger partial charge in [0.1, 0.15) is 5.82 Å². The molecular formula is C13H22N4O. The van der Waals surface area contributed by atoms with E-state index >= 15 is 0 Å². The molecule has 18 heavy (non-hydrogen) atoms. The summed E-state index contributed by atoms with van der Waals surface area (Å²) in [6, 6.07) is 0. The standard InChI is InChI=1S/C13H22N4O/c1-2-6-11-15-12(17-16-11)13(18)14-9-10-7-4-3-5-8-10/h10H,2-9H2,1H3,(H,14,18)(H,15,16,17). The molecule has 0 aliphatic heterocycles. The van der Waals surface area contributed by atoms with Crippen LogP contribution < -0.4 is 5.32 Å². The van der Waals surface area contributed by atoms with Crippen LogP contribution in [0, 0.1) is 5.92 Å². The predicted octanol–water partition coefficient (Wildman–Crippen LogP) is 2.07. The van der Waals surface area contributed by atoms with Crippen LogP contribution in [-0.2, 0) is 6.42 Å². The molecule has 100 valence electrons. The highest BCUT2D eigenvalue weighted by Crippen LogP contribution is 2.22. The zero-order valence-corrected chi connectivity index (χ0v) is 11.0. The molecule has 0 saturated heterocycles. The summed E-state index contributed by atoms with van der Waals surface area (Å²) in [5.74, 6) is 1.55. The van der Waals surface area contributed by atoms with E-state index in [1.165, 1.54) is 32.1 Å². The average molecular weight is 250 g/mol. The summed E-state index contributed by atoms with van der Waals surface area (Å²) in [6.07, 6.45) is 8.22. The van der Waals surface area contributed by atoms with Crippen LogP contribution in [0.3, 0.4) is 0 Å². The molecule has 1 amide bonds. The molecule has 1 aliphatic rings. The summed E-state index contributed by atoms with van der Waals surface area (Å²) < 4.78 is 0. The number of aromatic nitrogens is 3. The minimum Gasteiger partial charge on any atom is -0.349 e. The first-order chi connectivity index (χ1) is 8.79. The fraction of sp³-hybridized carbons (Fsp3) is 0.769. The van der Waals surface area contributed by atoms with E-state index in [1.807, 2.05) is 0 Å². The molecule has 5 heteroatoms. The highest BCUT2D eigenvalue weighted by molar-refractivity contribution is 5.90. The van der Waals surface area contributed by atoms with E-state index in [4.69, 9.17) is 0 Å². The second-order valence-electron chi connectivity index (χ2n) is 5.07. The van der Waals surface area contributed by atoms with Crippen LogP contribution in [0.4, 0.5) is 0 Å². The second kappa shape index (κ2) is 6.52. The number of nitrogens with one attached hydrogen (secondary N) is 2. The van der Waals surface area contributed by atoms with E-state index in [0.29, 0.717) is 5.92 Å². The molecule has 1 aromatic heterocycles. The molecule has 1 heterocycles. The third-order valence-electron chi connectivity index (χ3n) is 3.50. The third-order valence-corrected chi connectivity index (χ3v) is 3.50. The Kier molecular flexibility index (Phi) is 4.73. The molecular weight excluding hydrogens is 228 g/mol. The Morgan fingerprint density at radius 2 is 2.17 bits per heavy atom. The predicted molar refractivity (Wildman–Crippen MR) is 69.3 cm³/mol. The molecule has 1 saturated carbocycles. The molecule has 2 N–H and O–H groups in total. The first-order valence-electron chi connectivity index (χ1n) is 6.99. The number of carbonyl (C=O) groups excluding carboxylic acids is 1. The third kappa shape index (κ3) is 3.55. The van der Waals surface area contributed by atoms with Crippen molar-refractivity contribution in [3.63, 3.8) is 0 Å². The lowest BCUT2D eigenvalue weighted by molar-refractivity contribution is 0.0933. The highest BCUT2D eigenvalue weighted by atomic mass is 16.2. The Balaban J connectivity index is 1.79. The molecule has 0 radical (unpaired) electrons. The molecule has 0 spiro atoms. The Hall–Kier alpha value is -1.39. The summed E-state index contributed by atoms with van der Waals surface area (Å²) in [4.78, 5) is 16.0. The maximum absolute atomic E-state index is 11.8. The van der Waals surface area contributed by atoms with Gasteiger partial charge >= 0.3 is 0 Å². The number of nitrogens with zero attached hydrogens (tertiary/aromatic N) is 2. The first-order valence-corrected chi connectivity index (χ1v) is 6.99. The fourth-order valence-corrected chi connectivity index (χ4v) is 2.45. The summed E-state index contributed by atoms with van der Waals surface area (Å²) in [7, 11) is 0. The normalized spacial score (nSPS) is 16.7. The van der Waals surface area contributed by atoms with Gasteiger partial charge in [0, 0.05) is 13.0 Å². The number of carbonyl (C=O) groups is 1. The van der Waals surface area contributed by atoms with E-state index < -0.39 is 0 Å². The van der Waals surface area contributed by atoms with Crippen LogP contribution in [0.15, 0.2) is 0 Å². The monoisotopic (exact) mass is 250 g/mol. The van der Waals surface area contributed by atoms with Gasteiger partial charge in [-0.05, 0) is 25.2 Å². The fourth-order valence-electron chi connectivity index (χ4n) is 2.45. The number of H-pyrrole nitrogens is 1. The zero-order valence-electron chi connectivity index (χ0n) is 11.0. The maximum atomic E-state index is 11.8. The van der Waals surface area contributed by atoms with E-state index in [1.54, 1.807) is 0 Å². The Morgan fingerprint density at radius 1 is 1.39 bits per heavy atom. The van der Waals surface area contributed by atoms with Gasteiger partial charge in [-0.1, -0.05) is 26.2 Å². The van der Waals surface area contributed by atoms with Crippen molar-refractivity contribution in [2.75, 3.05) is 6.54 Å². The molecule has 2 rings (SSSR count). The number of rotatable bonds is 5. The lowest BCUT2D eigenvalue weighted by atomic mass is 9.89. The van der Waals surface area contributed by atoms with Gasteiger partial charge in [-0.3, -0.25) is 9.89 Å². The van der Waals surface area contributed by atoms with Crippen LogP contribution in [0.2, 0.25) is 0 Å². The number of hydrogen-bond donors (Lipinski definition) is 2. The summed E-state index contributed by atoms with van der Waals surface area (Å²) in [5.41, 5.74) is 0. The van der Waals surface area contributed by atoms with E-state index in [2.05, 4.69) is 27.4 Å². The Morgan fingerprint density at radius 3 is 2.89 bits per heavy atom. The number of aryl methyl sites for hydroxylation is 1. The van der Waals surface area contributed by atoms with Gasteiger partial charge in [-0.2, -0.15) is 0 Å². The van der Waals surface area contributed by atoms with Gasteiger partial charge in [-0.25, -0.2) is 4.98 Å². The first kappa shape index (κ1) is 13.1. The summed E-state index contributed by atoms with van der Waals surface area (Å²) in [6.45, 7) is 2.84. The van der Waals surface area contributed by atoms with Gasteiger partial charge in [0.25, 0.3) is 5.91 Å². The molecule has 1 aromatic rings. The number of hydrogen-bond acceptors (Lipinski definition) is 3. The van der Waals surface area contributed by atoms with Crippen molar-refractivity contribution in [3.05, 3.63) is 11.6 Å². The molecule has 5 nitrogen and oxygen atoms in total. The smallest absolute Gasteiger partial charge is 0.290 e. The van der Waals surface area contributed by atoms with Gasteiger partial charge in [0.15, 0.2) is 0 Å². The summed E-state index contributed by atoms with van der Waals surface area (Å²) >= 11 is 0. The van der Waals surface area contributed by atoms with Crippen molar-refractivity contribution in [2.24, 2.45) is 5.92 Å². The zero-order chi connectivity index (χ0) is 12.8. The van der Waals surface area contributed by atoms with E-state index in [-0.39, 0.29) is 11.7 Å².